The topological polar surface area (TPSA) is 69.4 Å². The van der Waals surface area contributed by atoms with E-state index in [-0.39, 0.29) is 0 Å². The Morgan fingerprint density at radius 1 is 1.28 bits per heavy atom. The minimum atomic E-state index is 0.499. The fourth-order valence-electron chi connectivity index (χ4n) is 1.33. The first kappa shape index (κ1) is 12.7. The van der Waals surface area contributed by atoms with E-state index in [0.29, 0.717) is 23.9 Å². The molecule has 1 heterocycles. The molecule has 2 aromatic rings. The number of ether oxygens (including phenoxy) is 2. The van der Waals surface area contributed by atoms with Gasteiger partial charge in [0.2, 0.25) is 12.3 Å². The van der Waals surface area contributed by atoms with E-state index in [1.165, 1.54) is 18.3 Å². The molecule has 0 radical (unpaired) electrons. The zero-order valence-electron chi connectivity index (χ0n) is 10.0. The van der Waals surface area contributed by atoms with Gasteiger partial charge in [-0.25, -0.2) is 0 Å². The molecule has 6 nitrogen and oxygen atoms in total. The average Bonchev–Trinajstić information content (AvgIpc) is 2.91. The van der Waals surface area contributed by atoms with Crippen LogP contribution < -0.4 is 14.2 Å². The quantitative estimate of drug-likeness (QED) is 0.801. The number of aromatic nitrogens is 2. The first-order valence-electron chi connectivity index (χ1n) is 5.20. The smallest absolute Gasteiger partial charge is 0.230 e. The molecule has 96 valence electrons. The number of rotatable bonds is 6. The molecule has 0 spiro atoms. The first-order chi connectivity index (χ1) is 8.83. The van der Waals surface area contributed by atoms with Gasteiger partial charge in [0.05, 0.1) is 20.8 Å². The molecule has 0 atom stereocenters. The summed E-state index contributed by atoms with van der Waals surface area (Å²) in [6, 6.07) is 5.69. The summed E-state index contributed by atoms with van der Waals surface area (Å²) in [7, 11) is 3.22. The number of methoxy groups -OCH3 is 2. The van der Waals surface area contributed by atoms with Crippen molar-refractivity contribution < 1.29 is 13.9 Å². The van der Waals surface area contributed by atoms with Crippen LogP contribution in [0.5, 0.6) is 11.5 Å². The van der Waals surface area contributed by atoms with Crippen LogP contribution in [-0.4, -0.2) is 24.4 Å². The van der Waals surface area contributed by atoms with Gasteiger partial charge in [0.1, 0.15) is 0 Å². The minimum Gasteiger partial charge on any atom is -0.493 e. The zero-order valence-corrected chi connectivity index (χ0v) is 10.9. The maximum absolute atomic E-state index is 5.22. The van der Waals surface area contributed by atoms with E-state index >= 15 is 0 Å². The lowest BCUT2D eigenvalue weighted by Gasteiger charge is -2.09. The third-order valence-corrected chi connectivity index (χ3v) is 2.95. The molecule has 1 aromatic carbocycles. The van der Waals surface area contributed by atoms with Crippen molar-refractivity contribution in [3.63, 3.8) is 0 Å². The Labute approximate surface area is 109 Å². The van der Waals surface area contributed by atoms with Crippen molar-refractivity contribution in [1.29, 1.82) is 0 Å². The van der Waals surface area contributed by atoms with Crippen molar-refractivity contribution >= 4 is 11.9 Å². The standard InChI is InChI=1S/C11H13N3O3S/c1-15-9-4-3-8(5-10(9)16-2)18-13-6-11-14-12-7-17-11/h3-5,7,13H,6H2,1-2H3. The van der Waals surface area contributed by atoms with E-state index < -0.39 is 0 Å². The van der Waals surface area contributed by atoms with Crippen LogP contribution >= 0.6 is 11.9 Å². The summed E-state index contributed by atoms with van der Waals surface area (Å²) in [6.07, 6.45) is 1.30. The lowest BCUT2D eigenvalue weighted by Crippen LogP contribution is -2.03. The van der Waals surface area contributed by atoms with Gasteiger partial charge >= 0.3 is 0 Å². The second-order valence-electron chi connectivity index (χ2n) is 3.27. The summed E-state index contributed by atoms with van der Waals surface area (Å²) in [5.74, 6) is 1.95. The van der Waals surface area contributed by atoms with E-state index in [9.17, 15) is 0 Å². The van der Waals surface area contributed by atoms with E-state index in [1.54, 1.807) is 14.2 Å². The Kier molecular flexibility index (Phi) is 4.43. The van der Waals surface area contributed by atoms with Gasteiger partial charge in [-0.3, -0.25) is 4.72 Å². The lowest BCUT2D eigenvalue weighted by molar-refractivity contribution is 0.354. The predicted molar refractivity (Wildman–Crippen MR) is 66.5 cm³/mol. The fraction of sp³-hybridized carbons (Fsp3) is 0.273. The van der Waals surface area contributed by atoms with Crippen molar-refractivity contribution in [3.05, 3.63) is 30.5 Å². The predicted octanol–water partition coefficient (Wildman–Crippen LogP) is 1.88. The molecule has 0 fully saturated rings. The highest BCUT2D eigenvalue weighted by atomic mass is 32.2. The Balaban J connectivity index is 1.93. The molecular weight excluding hydrogens is 254 g/mol. The molecule has 0 bridgehead atoms. The number of hydrogen-bond donors (Lipinski definition) is 1. The van der Waals surface area contributed by atoms with Crippen LogP contribution in [0.3, 0.4) is 0 Å². The molecule has 0 amide bonds. The maximum Gasteiger partial charge on any atom is 0.230 e. The van der Waals surface area contributed by atoms with Crippen molar-refractivity contribution in [2.45, 2.75) is 11.4 Å². The van der Waals surface area contributed by atoms with E-state index in [0.717, 1.165) is 4.90 Å². The zero-order chi connectivity index (χ0) is 12.8. The molecule has 0 aliphatic heterocycles. The van der Waals surface area contributed by atoms with Crippen molar-refractivity contribution in [3.8, 4) is 11.5 Å². The lowest BCUT2D eigenvalue weighted by atomic mass is 10.3. The second-order valence-corrected chi connectivity index (χ2v) is 4.24. The van der Waals surface area contributed by atoms with Gasteiger partial charge in [-0.05, 0) is 30.1 Å². The van der Waals surface area contributed by atoms with Crippen LogP contribution in [0.2, 0.25) is 0 Å². The third kappa shape index (κ3) is 3.14. The van der Waals surface area contributed by atoms with Crippen molar-refractivity contribution in [2.24, 2.45) is 0 Å². The van der Waals surface area contributed by atoms with Crippen LogP contribution in [0, 0.1) is 0 Å². The molecule has 0 unspecified atom stereocenters. The van der Waals surface area contributed by atoms with Gasteiger partial charge in [0.25, 0.3) is 0 Å². The molecule has 0 saturated carbocycles. The van der Waals surface area contributed by atoms with Gasteiger partial charge < -0.3 is 13.9 Å². The van der Waals surface area contributed by atoms with Crippen LogP contribution in [0.25, 0.3) is 0 Å². The highest BCUT2D eigenvalue weighted by Gasteiger charge is 2.05. The normalized spacial score (nSPS) is 10.3. The van der Waals surface area contributed by atoms with Crippen molar-refractivity contribution in [2.75, 3.05) is 14.2 Å². The molecule has 0 aliphatic carbocycles. The Hall–Kier alpha value is -1.73. The van der Waals surface area contributed by atoms with Gasteiger partial charge in [0, 0.05) is 4.90 Å². The first-order valence-corrected chi connectivity index (χ1v) is 6.02. The van der Waals surface area contributed by atoms with Crippen LogP contribution in [0.4, 0.5) is 0 Å². The maximum atomic E-state index is 5.22. The largest absolute Gasteiger partial charge is 0.493 e. The summed E-state index contributed by atoms with van der Waals surface area (Å²) in [5.41, 5.74) is 0. The van der Waals surface area contributed by atoms with Gasteiger partial charge in [-0.15, -0.1) is 10.2 Å². The van der Waals surface area contributed by atoms with Gasteiger partial charge in [-0.1, -0.05) is 0 Å². The molecule has 0 aliphatic rings. The summed E-state index contributed by atoms with van der Waals surface area (Å²) in [4.78, 5) is 1.01. The number of nitrogens with one attached hydrogen (secondary N) is 1. The summed E-state index contributed by atoms with van der Waals surface area (Å²) < 4.78 is 18.5. The van der Waals surface area contributed by atoms with Crippen LogP contribution in [0.1, 0.15) is 5.89 Å². The molecule has 18 heavy (non-hydrogen) atoms. The number of hydrogen-bond acceptors (Lipinski definition) is 7. The Bertz CT molecular complexity index is 490. The van der Waals surface area contributed by atoms with Gasteiger partial charge in [0.15, 0.2) is 11.5 Å². The monoisotopic (exact) mass is 267 g/mol. The van der Waals surface area contributed by atoms with Crippen LogP contribution in [0.15, 0.2) is 33.9 Å². The van der Waals surface area contributed by atoms with Crippen LogP contribution in [-0.2, 0) is 6.54 Å². The second kappa shape index (κ2) is 6.27. The highest BCUT2D eigenvalue weighted by molar-refractivity contribution is 7.97. The van der Waals surface area contributed by atoms with E-state index in [4.69, 9.17) is 13.9 Å². The van der Waals surface area contributed by atoms with Crippen molar-refractivity contribution in [1.82, 2.24) is 14.9 Å². The molecule has 1 N–H and O–H groups in total. The third-order valence-electron chi connectivity index (χ3n) is 2.17. The minimum absolute atomic E-state index is 0.499. The SMILES string of the molecule is COc1ccc(SNCc2nnco2)cc1OC. The van der Waals surface area contributed by atoms with E-state index in [2.05, 4.69) is 14.9 Å². The average molecular weight is 267 g/mol. The number of nitrogens with zero attached hydrogens (tertiary/aromatic N) is 2. The highest BCUT2D eigenvalue weighted by Crippen LogP contribution is 2.30. The molecule has 7 heteroatoms. The van der Waals surface area contributed by atoms with E-state index in [1.807, 2.05) is 18.2 Å². The summed E-state index contributed by atoms with van der Waals surface area (Å²) in [6.45, 7) is 0.499. The fourth-order valence-corrected chi connectivity index (χ4v) is 2.00. The Morgan fingerprint density at radius 2 is 2.11 bits per heavy atom. The summed E-state index contributed by atoms with van der Waals surface area (Å²) in [5, 5.41) is 7.37. The molecule has 0 saturated heterocycles. The molecule has 1 aromatic heterocycles. The van der Waals surface area contributed by atoms with Gasteiger partial charge in [-0.2, -0.15) is 0 Å². The number of benzene rings is 1. The molecule has 2 rings (SSSR count). The molecular formula is C11H13N3O3S. The Morgan fingerprint density at radius 3 is 2.78 bits per heavy atom. The summed E-state index contributed by atoms with van der Waals surface area (Å²) >= 11 is 1.45.